The van der Waals surface area contributed by atoms with Crippen molar-refractivity contribution < 1.29 is 110 Å². The first-order chi connectivity index (χ1) is 16.8. The van der Waals surface area contributed by atoms with Gasteiger partial charge in [0.1, 0.15) is 0 Å². The lowest BCUT2D eigenvalue weighted by Crippen LogP contribution is -2.77. The van der Waals surface area contributed by atoms with Gasteiger partial charge in [-0.05, 0) is 14.1 Å². The largest absolute Gasteiger partial charge is 0.460 e. The standard InChI is InChI=1S/C11H2F22O3S.C2H7N/c12-1(37(34,35)36)2(13,14)3(15,16)4(17,18)5(19,20)6(21,22)7(23,24)8(25,26)9(27,28)10(29,30)11(31,32)33;1-3-2/h1H,(H,34,35,36);3H,1-2H3. The second-order valence-electron chi connectivity index (χ2n) is 7.05. The first-order valence-corrected chi connectivity index (χ1v) is 9.98. The van der Waals surface area contributed by atoms with Crippen molar-refractivity contribution in [1.29, 1.82) is 0 Å². The van der Waals surface area contributed by atoms with Gasteiger partial charge in [-0.25, -0.2) is 4.39 Å². The topological polar surface area (TPSA) is 66.4 Å². The normalized spacial score (nSPS) is 16.8. The van der Waals surface area contributed by atoms with Crippen LogP contribution in [0.25, 0.3) is 0 Å². The second kappa shape index (κ2) is 10.6. The summed E-state index contributed by atoms with van der Waals surface area (Å²) >= 11 is 0. The molecule has 0 saturated heterocycles. The molecule has 0 aliphatic heterocycles. The molecule has 0 aromatic heterocycles. The Morgan fingerprint density at radius 1 is 0.475 bits per heavy atom. The van der Waals surface area contributed by atoms with Gasteiger partial charge in [0, 0.05) is 0 Å². The van der Waals surface area contributed by atoms with Crippen LogP contribution in [0.5, 0.6) is 0 Å². The van der Waals surface area contributed by atoms with Crippen LogP contribution < -0.4 is 5.32 Å². The highest BCUT2D eigenvalue weighted by Gasteiger charge is 2.98. The fourth-order valence-electron chi connectivity index (χ4n) is 1.90. The fraction of sp³-hybridized carbons (Fsp3) is 1.00. The van der Waals surface area contributed by atoms with Crippen LogP contribution in [0.1, 0.15) is 0 Å². The van der Waals surface area contributed by atoms with Crippen LogP contribution >= 0.6 is 0 Å². The molecule has 2 N–H and O–H groups in total. The first-order valence-electron chi connectivity index (χ1n) is 8.48. The van der Waals surface area contributed by atoms with Gasteiger partial charge in [0.2, 0.25) is 0 Å². The maximum Gasteiger partial charge on any atom is 0.460 e. The molecule has 244 valence electrons. The Bertz CT molecular complexity index is 986. The van der Waals surface area contributed by atoms with Crippen LogP contribution in [0.4, 0.5) is 96.6 Å². The van der Waals surface area contributed by atoms with E-state index in [4.69, 9.17) is 4.55 Å². The summed E-state index contributed by atoms with van der Waals surface area (Å²) in [4.78, 5) is 0. The zero-order valence-corrected chi connectivity index (χ0v) is 18.9. The van der Waals surface area contributed by atoms with Crippen LogP contribution in [0, 0.1) is 0 Å². The van der Waals surface area contributed by atoms with E-state index in [1.165, 1.54) is 0 Å². The molecule has 0 aromatic carbocycles. The highest BCUT2D eigenvalue weighted by atomic mass is 32.2. The van der Waals surface area contributed by atoms with Crippen molar-refractivity contribution in [1.82, 2.24) is 5.32 Å². The van der Waals surface area contributed by atoms with E-state index in [0.717, 1.165) is 0 Å². The number of nitrogens with one attached hydrogen (secondary N) is 1. The Morgan fingerprint density at radius 2 is 0.650 bits per heavy atom. The van der Waals surface area contributed by atoms with Crippen molar-refractivity contribution >= 4 is 10.1 Å². The minimum atomic E-state index is -9.44. The van der Waals surface area contributed by atoms with E-state index in [-0.39, 0.29) is 0 Å². The molecule has 0 fully saturated rings. The number of hydrogen-bond donors (Lipinski definition) is 2. The molecule has 0 saturated carbocycles. The zero-order chi connectivity index (χ0) is 33.8. The van der Waals surface area contributed by atoms with Crippen molar-refractivity contribution in [3.05, 3.63) is 0 Å². The number of alkyl halides is 22. The smallest absolute Gasteiger partial charge is 0.323 e. The van der Waals surface area contributed by atoms with E-state index in [1.807, 2.05) is 14.1 Å². The predicted octanol–water partition coefficient (Wildman–Crippen LogP) is 6.29. The van der Waals surface area contributed by atoms with Gasteiger partial charge >= 0.3 is 69.6 Å². The molecule has 4 nitrogen and oxygen atoms in total. The van der Waals surface area contributed by atoms with E-state index in [0.29, 0.717) is 0 Å². The van der Waals surface area contributed by atoms with Crippen LogP contribution in [-0.2, 0) is 10.1 Å². The van der Waals surface area contributed by atoms with Gasteiger partial charge in [-0.15, -0.1) is 0 Å². The van der Waals surface area contributed by atoms with E-state index < -0.39 is 75.1 Å². The molecule has 0 heterocycles. The number of rotatable bonds is 10. The third-order valence-electron chi connectivity index (χ3n) is 4.08. The molecule has 0 spiro atoms. The Labute approximate surface area is 205 Å². The summed E-state index contributed by atoms with van der Waals surface area (Å²) in [6.45, 7) is 0. The minimum Gasteiger partial charge on any atom is -0.323 e. The van der Waals surface area contributed by atoms with Crippen LogP contribution in [0.3, 0.4) is 0 Å². The molecule has 0 rings (SSSR count). The third kappa shape index (κ3) is 5.44. The zero-order valence-electron chi connectivity index (χ0n) is 18.1. The summed E-state index contributed by atoms with van der Waals surface area (Å²) in [6, 6.07) is 0. The fourth-order valence-corrected chi connectivity index (χ4v) is 2.42. The number of hydrogen-bond acceptors (Lipinski definition) is 3. The average Bonchev–Trinajstić information content (AvgIpc) is 2.70. The molecule has 0 aliphatic carbocycles. The lowest BCUT2D eigenvalue weighted by atomic mass is 9.86. The Balaban J connectivity index is 0. The Morgan fingerprint density at radius 3 is 0.825 bits per heavy atom. The summed E-state index contributed by atoms with van der Waals surface area (Å²) in [5.74, 6) is -81.1. The molecule has 40 heavy (non-hydrogen) atoms. The molecule has 0 aliphatic rings. The van der Waals surface area contributed by atoms with Gasteiger partial charge in [-0.3, -0.25) is 4.55 Å². The molecular weight excluding hydrogens is 668 g/mol. The SMILES string of the molecule is CNC.O=S(=O)(O)C(F)C(F)(F)C(F)(F)C(F)(F)C(F)(F)C(F)(F)C(F)(F)C(F)(F)C(F)(F)C(F)(F)C(F)(F)F. The van der Waals surface area contributed by atoms with E-state index >= 15 is 0 Å². The van der Waals surface area contributed by atoms with E-state index in [1.54, 1.807) is 0 Å². The highest BCUT2D eigenvalue weighted by molar-refractivity contribution is 7.86. The van der Waals surface area contributed by atoms with Crippen LogP contribution in [-0.4, -0.2) is 92.0 Å². The summed E-state index contributed by atoms with van der Waals surface area (Å²) in [5, 5.41) is 2.75. The van der Waals surface area contributed by atoms with Gasteiger partial charge in [0.15, 0.2) is 0 Å². The molecule has 0 radical (unpaired) electrons. The van der Waals surface area contributed by atoms with Crippen LogP contribution in [0.2, 0.25) is 0 Å². The summed E-state index contributed by atoms with van der Waals surface area (Å²) in [7, 11) is -3.66. The summed E-state index contributed by atoms with van der Waals surface area (Å²) < 4.78 is 314. The number of halogens is 22. The van der Waals surface area contributed by atoms with Gasteiger partial charge in [-0.2, -0.15) is 101 Å². The van der Waals surface area contributed by atoms with Crippen LogP contribution in [0.15, 0.2) is 0 Å². The lowest BCUT2D eigenvalue weighted by molar-refractivity contribution is -0.474. The first kappa shape index (κ1) is 40.5. The second-order valence-corrected chi connectivity index (χ2v) is 8.49. The molecule has 1 atom stereocenters. The van der Waals surface area contributed by atoms with Gasteiger partial charge in [0.05, 0.1) is 0 Å². The monoisotopic (exact) mass is 677 g/mol. The van der Waals surface area contributed by atoms with E-state index in [9.17, 15) is 105 Å². The molecule has 27 heteroatoms. The summed E-state index contributed by atoms with van der Waals surface area (Å²) in [5.41, 5.74) is -6.21. The Kier molecular flexibility index (Phi) is 10.7. The molecular formula is C13H9F22NO3S. The maximum atomic E-state index is 13.4. The Hall–Kier alpha value is -1.67. The van der Waals surface area contributed by atoms with Gasteiger partial charge < -0.3 is 5.32 Å². The molecule has 0 bridgehead atoms. The molecule has 0 aromatic rings. The summed E-state index contributed by atoms with van der Waals surface area (Å²) in [6.07, 6.45) is -8.11. The quantitative estimate of drug-likeness (QED) is 0.211. The van der Waals surface area contributed by atoms with Gasteiger partial charge in [-0.1, -0.05) is 0 Å². The third-order valence-corrected chi connectivity index (χ3v) is 4.90. The predicted molar refractivity (Wildman–Crippen MR) is 82.0 cm³/mol. The van der Waals surface area contributed by atoms with Gasteiger partial charge in [0.25, 0.3) is 5.50 Å². The van der Waals surface area contributed by atoms with Crippen molar-refractivity contribution in [2.45, 2.75) is 65.0 Å². The van der Waals surface area contributed by atoms with Crippen molar-refractivity contribution in [3.63, 3.8) is 0 Å². The van der Waals surface area contributed by atoms with Crippen molar-refractivity contribution in [3.8, 4) is 0 Å². The average molecular weight is 677 g/mol. The minimum absolute atomic E-state index is 1.88. The molecule has 0 amide bonds. The maximum absolute atomic E-state index is 13.4. The molecule has 1 unspecified atom stereocenters. The highest BCUT2D eigenvalue weighted by Crippen LogP contribution is 2.66. The lowest BCUT2D eigenvalue weighted by Gasteiger charge is -2.44. The van der Waals surface area contributed by atoms with E-state index in [2.05, 4.69) is 5.32 Å². The van der Waals surface area contributed by atoms with Crippen molar-refractivity contribution in [2.75, 3.05) is 14.1 Å². The van der Waals surface area contributed by atoms with Crippen molar-refractivity contribution in [2.24, 2.45) is 0 Å².